The Morgan fingerprint density at radius 3 is 2.81 bits per heavy atom. The van der Waals surface area contributed by atoms with E-state index in [1.165, 1.54) is 0 Å². The fourth-order valence-corrected chi connectivity index (χ4v) is 1.87. The van der Waals surface area contributed by atoms with Crippen molar-refractivity contribution in [3.63, 3.8) is 0 Å². The molecule has 1 aromatic carbocycles. The number of rotatable bonds is 5. The van der Waals surface area contributed by atoms with Crippen molar-refractivity contribution in [1.29, 1.82) is 0 Å². The van der Waals surface area contributed by atoms with Gasteiger partial charge in [0.05, 0.1) is 6.61 Å². The van der Waals surface area contributed by atoms with E-state index in [1.54, 1.807) is 0 Å². The lowest BCUT2D eigenvalue weighted by molar-refractivity contribution is -0.145. The third-order valence-corrected chi connectivity index (χ3v) is 2.61. The van der Waals surface area contributed by atoms with E-state index in [0.29, 0.717) is 6.61 Å². The number of carbonyl (C=O) groups excluding carboxylic acids is 1. The summed E-state index contributed by atoms with van der Waals surface area (Å²) in [6.07, 6.45) is 0. The maximum absolute atomic E-state index is 11.7. The van der Waals surface area contributed by atoms with E-state index in [9.17, 15) is 4.79 Å². The predicted molar refractivity (Wildman–Crippen MR) is 67.2 cm³/mol. The van der Waals surface area contributed by atoms with Gasteiger partial charge in [0.25, 0.3) is 0 Å². The highest BCUT2D eigenvalue weighted by atomic mass is 79.9. The van der Waals surface area contributed by atoms with Crippen LogP contribution < -0.4 is 5.32 Å². The van der Waals surface area contributed by atoms with Crippen LogP contribution in [0.4, 0.5) is 0 Å². The van der Waals surface area contributed by atoms with E-state index in [4.69, 9.17) is 4.74 Å². The van der Waals surface area contributed by atoms with Gasteiger partial charge in [0, 0.05) is 4.47 Å². The van der Waals surface area contributed by atoms with Crippen LogP contribution >= 0.6 is 15.9 Å². The quantitative estimate of drug-likeness (QED) is 0.846. The molecule has 0 aliphatic heterocycles. The van der Waals surface area contributed by atoms with Crippen molar-refractivity contribution in [2.24, 2.45) is 0 Å². The molecule has 3 nitrogen and oxygen atoms in total. The lowest BCUT2D eigenvalue weighted by Gasteiger charge is -2.16. The molecule has 4 heteroatoms. The number of likely N-dealkylation sites (N-methyl/N-ethyl adjacent to an activating group) is 1. The molecule has 0 bridgehead atoms. The summed E-state index contributed by atoms with van der Waals surface area (Å²) < 4.78 is 5.99. The van der Waals surface area contributed by atoms with Crippen molar-refractivity contribution < 1.29 is 9.53 Å². The lowest BCUT2D eigenvalue weighted by Crippen LogP contribution is -2.30. The molecule has 0 amide bonds. The van der Waals surface area contributed by atoms with Crippen LogP contribution in [0, 0.1) is 0 Å². The largest absolute Gasteiger partial charge is 0.465 e. The number of halogens is 1. The van der Waals surface area contributed by atoms with Gasteiger partial charge in [0.15, 0.2) is 0 Å². The summed E-state index contributed by atoms with van der Waals surface area (Å²) >= 11 is 3.39. The molecule has 1 N–H and O–H groups in total. The summed E-state index contributed by atoms with van der Waals surface area (Å²) in [7, 11) is 0. The summed E-state index contributed by atoms with van der Waals surface area (Å²) in [5.41, 5.74) is 0.912. The van der Waals surface area contributed by atoms with Gasteiger partial charge >= 0.3 is 5.97 Å². The van der Waals surface area contributed by atoms with Gasteiger partial charge in [-0.2, -0.15) is 0 Å². The minimum Gasteiger partial charge on any atom is -0.465 e. The normalized spacial score (nSPS) is 12.2. The van der Waals surface area contributed by atoms with E-state index in [2.05, 4.69) is 21.2 Å². The zero-order valence-corrected chi connectivity index (χ0v) is 11.1. The van der Waals surface area contributed by atoms with Crippen molar-refractivity contribution in [2.45, 2.75) is 19.9 Å². The zero-order chi connectivity index (χ0) is 12.0. The highest BCUT2D eigenvalue weighted by molar-refractivity contribution is 9.10. The number of benzene rings is 1. The Bertz CT molecular complexity index is 355. The fraction of sp³-hybridized carbons (Fsp3) is 0.417. The molecule has 0 heterocycles. The first-order chi connectivity index (χ1) is 7.69. The standard InChI is InChI=1S/C12H16BrNO2/c1-3-14-11(12(15)16-4-2)9-6-5-7-10(13)8-9/h5-8,11,14H,3-4H2,1-2H3. The average Bonchev–Trinajstić information content (AvgIpc) is 2.26. The van der Waals surface area contributed by atoms with Crippen molar-refractivity contribution in [3.05, 3.63) is 34.3 Å². The summed E-state index contributed by atoms with van der Waals surface area (Å²) in [5, 5.41) is 3.12. The Morgan fingerprint density at radius 2 is 2.25 bits per heavy atom. The number of esters is 1. The van der Waals surface area contributed by atoms with Crippen molar-refractivity contribution in [2.75, 3.05) is 13.2 Å². The second kappa shape index (κ2) is 6.66. The van der Waals surface area contributed by atoms with Crippen molar-refractivity contribution >= 4 is 21.9 Å². The predicted octanol–water partition coefficient (Wildman–Crippen LogP) is 2.66. The van der Waals surface area contributed by atoms with Crippen LogP contribution in [0.2, 0.25) is 0 Å². The molecule has 1 atom stereocenters. The van der Waals surface area contributed by atoms with E-state index >= 15 is 0 Å². The Kier molecular flexibility index (Phi) is 5.49. The maximum Gasteiger partial charge on any atom is 0.327 e. The summed E-state index contributed by atoms with van der Waals surface area (Å²) in [4.78, 5) is 11.7. The molecule has 1 rings (SSSR count). The van der Waals surface area contributed by atoms with Crippen LogP contribution in [0.5, 0.6) is 0 Å². The molecule has 16 heavy (non-hydrogen) atoms. The number of ether oxygens (including phenoxy) is 1. The van der Waals surface area contributed by atoms with Gasteiger partial charge in [0.2, 0.25) is 0 Å². The molecule has 0 fully saturated rings. The Balaban J connectivity index is 2.88. The van der Waals surface area contributed by atoms with Gasteiger partial charge in [-0.25, -0.2) is 4.79 Å². The SMILES string of the molecule is CCNC(C(=O)OCC)c1cccc(Br)c1. The molecular formula is C12H16BrNO2. The van der Waals surface area contributed by atoms with Gasteiger partial charge < -0.3 is 10.1 Å². The van der Waals surface area contributed by atoms with Gasteiger partial charge in [-0.15, -0.1) is 0 Å². The second-order valence-electron chi connectivity index (χ2n) is 3.30. The molecule has 0 saturated carbocycles. The van der Waals surface area contributed by atoms with Crippen molar-refractivity contribution in [1.82, 2.24) is 5.32 Å². The molecule has 0 aromatic heterocycles. The fourth-order valence-electron chi connectivity index (χ4n) is 1.45. The molecule has 1 aromatic rings. The summed E-state index contributed by atoms with van der Waals surface area (Å²) in [6.45, 7) is 4.89. The number of hydrogen-bond acceptors (Lipinski definition) is 3. The monoisotopic (exact) mass is 285 g/mol. The van der Waals surface area contributed by atoms with E-state index in [1.807, 2.05) is 38.1 Å². The molecule has 0 aliphatic carbocycles. The average molecular weight is 286 g/mol. The molecule has 0 aliphatic rings. The van der Waals surface area contributed by atoms with E-state index in [-0.39, 0.29) is 12.0 Å². The number of carbonyl (C=O) groups is 1. The number of nitrogens with one attached hydrogen (secondary N) is 1. The molecule has 1 unspecified atom stereocenters. The maximum atomic E-state index is 11.7. The lowest BCUT2D eigenvalue weighted by atomic mass is 10.1. The molecule has 0 radical (unpaired) electrons. The Hall–Kier alpha value is -0.870. The van der Waals surface area contributed by atoms with Gasteiger partial charge in [-0.05, 0) is 31.2 Å². The Morgan fingerprint density at radius 1 is 1.50 bits per heavy atom. The third-order valence-electron chi connectivity index (χ3n) is 2.11. The second-order valence-corrected chi connectivity index (χ2v) is 4.21. The van der Waals surface area contributed by atoms with Crippen LogP contribution in [0.15, 0.2) is 28.7 Å². The van der Waals surface area contributed by atoms with Crippen molar-refractivity contribution in [3.8, 4) is 0 Å². The molecular weight excluding hydrogens is 270 g/mol. The van der Waals surface area contributed by atoms with E-state index < -0.39 is 0 Å². The molecule has 0 saturated heterocycles. The summed E-state index contributed by atoms with van der Waals surface area (Å²) in [6, 6.07) is 7.28. The van der Waals surface area contributed by atoms with E-state index in [0.717, 1.165) is 16.6 Å². The van der Waals surface area contributed by atoms with Crippen LogP contribution in [0.3, 0.4) is 0 Å². The van der Waals surface area contributed by atoms with Crippen LogP contribution in [0.25, 0.3) is 0 Å². The smallest absolute Gasteiger partial charge is 0.327 e. The highest BCUT2D eigenvalue weighted by Gasteiger charge is 2.20. The van der Waals surface area contributed by atoms with Crippen LogP contribution in [0.1, 0.15) is 25.5 Å². The van der Waals surface area contributed by atoms with Crippen LogP contribution in [-0.2, 0) is 9.53 Å². The van der Waals surface area contributed by atoms with Crippen LogP contribution in [-0.4, -0.2) is 19.1 Å². The van der Waals surface area contributed by atoms with Gasteiger partial charge in [0.1, 0.15) is 6.04 Å². The minimum absolute atomic E-state index is 0.234. The third kappa shape index (κ3) is 3.61. The first kappa shape index (κ1) is 13.2. The van der Waals surface area contributed by atoms with Gasteiger partial charge in [-0.1, -0.05) is 35.0 Å². The van der Waals surface area contributed by atoms with Gasteiger partial charge in [-0.3, -0.25) is 0 Å². The summed E-state index contributed by atoms with van der Waals surface area (Å²) in [5.74, 6) is -0.234. The highest BCUT2D eigenvalue weighted by Crippen LogP contribution is 2.19. The zero-order valence-electron chi connectivity index (χ0n) is 9.50. The minimum atomic E-state index is -0.387. The first-order valence-electron chi connectivity index (χ1n) is 5.34. The topological polar surface area (TPSA) is 38.3 Å². The molecule has 0 spiro atoms. The molecule has 88 valence electrons. The number of hydrogen-bond donors (Lipinski definition) is 1. The Labute approximate surface area is 104 Å². The first-order valence-corrected chi connectivity index (χ1v) is 6.13.